The smallest absolute Gasteiger partial charge is 0.307 e. The van der Waals surface area contributed by atoms with Crippen LogP contribution in [0.15, 0.2) is 42.5 Å². The molecule has 0 saturated heterocycles. The molecule has 2 N–H and O–H groups in total. The molecule has 0 aromatic heterocycles. The van der Waals surface area contributed by atoms with Crippen LogP contribution in [0.2, 0.25) is 0 Å². The molecule has 2 rings (SSSR count). The molecule has 2 aromatic carbocycles. The monoisotopic (exact) mass is 279 g/mol. The van der Waals surface area contributed by atoms with E-state index in [9.17, 15) is 4.79 Å². The van der Waals surface area contributed by atoms with Crippen molar-refractivity contribution in [2.75, 3.05) is 6.61 Å². The van der Waals surface area contributed by atoms with Crippen LogP contribution in [0.3, 0.4) is 0 Å². The Bertz CT molecular complexity index is 551. The molecule has 3 nitrogen and oxygen atoms in total. The van der Waals surface area contributed by atoms with Crippen molar-refractivity contribution >= 4 is 29.1 Å². The molecule has 1 atom stereocenters. The number of halogens is 1. The largest absolute Gasteiger partial charge is 0.466 e. The Labute approximate surface area is 119 Å². The van der Waals surface area contributed by atoms with Gasteiger partial charge in [0.25, 0.3) is 0 Å². The first-order valence-electron chi connectivity index (χ1n) is 6.11. The molecule has 0 saturated carbocycles. The standard InChI is InChI=1S/C15H17NO2.ClH/c1-2-18-15(17)10-14(16)13-9-5-7-11-6-3-4-8-12(11)13;/h3-9,14H,2,10,16H2,1H3;1H/t14-;/m0./s1. The van der Waals surface area contributed by atoms with Gasteiger partial charge in [0.1, 0.15) is 0 Å². The van der Waals surface area contributed by atoms with Gasteiger partial charge >= 0.3 is 5.97 Å². The highest BCUT2D eigenvalue weighted by Gasteiger charge is 2.14. The van der Waals surface area contributed by atoms with Gasteiger partial charge in [0, 0.05) is 6.04 Å². The minimum atomic E-state index is -0.324. The van der Waals surface area contributed by atoms with E-state index in [1.54, 1.807) is 6.92 Å². The van der Waals surface area contributed by atoms with Gasteiger partial charge in [-0.1, -0.05) is 42.5 Å². The second-order valence-corrected chi connectivity index (χ2v) is 4.18. The molecule has 0 spiro atoms. The third kappa shape index (κ3) is 3.69. The Hall–Kier alpha value is -1.58. The molecule has 0 fully saturated rings. The maximum absolute atomic E-state index is 11.5. The highest BCUT2D eigenvalue weighted by atomic mass is 35.5. The second-order valence-electron chi connectivity index (χ2n) is 4.18. The number of hydrogen-bond acceptors (Lipinski definition) is 3. The van der Waals surface area contributed by atoms with Crippen molar-refractivity contribution in [2.45, 2.75) is 19.4 Å². The first kappa shape index (κ1) is 15.5. The molecule has 0 unspecified atom stereocenters. The van der Waals surface area contributed by atoms with Crippen molar-refractivity contribution in [2.24, 2.45) is 5.73 Å². The zero-order chi connectivity index (χ0) is 13.0. The zero-order valence-corrected chi connectivity index (χ0v) is 11.7. The molecule has 102 valence electrons. The molecular weight excluding hydrogens is 262 g/mol. The second kappa shape index (κ2) is 7.12. The van der Waals surface area contributed by atoms with E-state index in [-0.39, 0.29) is 30.8 Å². The molecule has 0 bridgehead atoms. The maximum Gasteiger partial charge on any atom is 0.307 e. The van der Waals surface area contributed by atoms with E-state index in [0.29, 0.717) is 6.61 Å². The molecule has 0 aliphatic carbocycles. The van der Waals surface area contributed by atoms with E-state index in [4.69, 9.17) is 10.5 Å². The maximum atomic E-state index is 11.5. The summed E-state index contributed by atoms with van der Waals surface area (Å²) >= 11 is 0. The summed E-state index contributed by atoms with van der Waals surface area (Å²) in [7, 11) is 0. The number of carbonyl (C=O) groups excluding carboxylic acids is 1. The lowest BCUT2D eigenvalue weighted by molar-refractivity contribution is -0.143. The van der Waals surface area contributed by atoms with Crippen LogP contribution in [0.4, 0.5) is 0 Å². The van der Waals surface area contributed by atoms with Crippen molar-refractivity contribution in [3.05, 3.63) is 48.0 Å². The minimum Gasteiger partial charge on any atom is -0.466 e. The summed E-state index contributed by atoms with van der Waals surface area (Å²) in [5.41, 5.74) is 7.08. The summed E-state index contributed by atoms with van der Waals surface area (Å²) in [5, 5.41) is 2.23. The van der Waals surface area contributed by atoms with Crippen molar-refractivity contribution in [1.29, 1.82) is 0 Å². The van der Waals surface area contributed by atoms with Gasteiger partial charge in [-0.3, -0.25) is 4.79 Å². The molecule has 4 heteroatoms. The first-order chi connectivity index (χ1) is 8.72. The third-order valence-corrected chi connectivity index (χ3v) is 2.91. The Kier molecular flexibility index (Phi) is 5.80. The molecule has 0 aliphatic heterocycles. The van der Waals surface area contributed by atoms with Gasteiger partial charge in [-0.2, -0.15) is 0 Å². The van der Waals surface area contributed by atoms with E-state index in [1.807, 2.05) is 42.5 Å². The topological polar surface area (TPSA) is 52.3 Å². The summed E-state index contributed by atoms with van der Waals surface area (Å²) in [5.74, 6) is -0.252. The van der Waals surface area contributed by atoms with Crippen molar-refractivity contribution in [1.82, 2.24) is 0 Å². The predicted molar refractivity (Wildman–Crippen MR) is 79.4 cm³/mol. The van der Waals surface area contributed by atoms with E-state index < -0.39 is 0 Å². The number of esters is 1. The molecule has 2 aromatic rings. The zero-order valence-electron chi connectivity index (χ0n) is 10.8. The highest BCUT2D eigenvalue weighted by Crippen LogP contribution is 2.24. The third-order valence-electron chi connectivity index (χ3n) is 2.91. The summed E-state index contributed by atoms with van der Waals surface area (Å²) in [6, 6.07) is 13.7. The van der Waals surface area contributed by atoms with Gasteiger partial charge in [0.2, 0.25) is 0 Å². The van der Waals surface area contributed by atoms with E-state index in [1.165, 1.54) is 0 Å². The van der Waals surface area contributed by atoms with Crippen LogP contribution in [0.5, 0.6) is 0 Å². The number of ether oxygens (including phenoxy) is 1. The average molecular weight is 280 g/mol. The number of nitrogens with two attached hydrogens (primary N) is 1. The van der Waals surface area contributed by atoms with Crippen molar-refractivity contribution < 1.29 is 9.53 Å². The Balaban J connectivity index is 0.00000180. The lowest BCUT2D eigenvalue weighted by Gasteiger charge is -2.14. The summed E-state index contributed by atoms with van der Waals surface area (Å²) in [6.07, 6.45) is 0.210. The average Bonchev–Trinajstić information content (AvgIpc) is 2.38. The van der Waals surface area contributed by atoms with Gasteiger partial charge < -0.3 is 10.5 Å². The van der Waals surface area contributed by atoms with Crippen LogP contribution < -0.4 is 5.73 Å². The van der Waals surface area contributed by atoms with E-state index in [2.05, 4.69) is 0 Å². The van der Waals surface area contributed by atoms with E-state index >= 15 is 0 Å². The lowest BCUT2D eigenvalue weighted by Crippen LogP contribution is -2.17. The normalized spacial score (nSPS) is 11.7. The van der Waals surface area contributed by atoms with Gasteiger partial charge in [0.05, 0.1) is 13.0 Å². The summed E-state index contributed by atoms with van der Waals surface area (Å²) in [6.45, 7) is 2.18. The minimum absolute atomic E-state index is 0. The molecule has 0 radical (unpaired) electrons. The number of hydrogen-bond donors (Lipinski definition) is 1. The van der Waals surface area contributed by atoms with Crippen LogP contribution >= 0.6 is 12.4 Å². The lowest BCUT2D eigenvalue weighted by atomic mass is 9.97. The van der Waals surface area contributed by atoms with Crippen LogP contribution in [-0.2, 0) is 9.53 Å². The van der Waals surface area contributed by atoms with Crippen LogP contribution in [0.25, 0.3) is 10.8 Å². The van der Waals surface area contributed by atoms with Crippen molar-refractivity contribution in [3.63, 3.8) is 0 Å². The number of benzene rings is 2. The SMILES string of the molecule is CCOC(=O)C[C@H](N)c1cccc2ccccc12.Cl. The molecular formula is C15H18ClNO2. The van der Waals surface area contributed by atoms with Crippen LogP contribution in [-0.4, -0.2) is 12.6 Å². The van der Waals surface area contributed by atoms with E-state index in [0.717, 1.165) is 16.3 Å². The molecule has 0 amide bonds. The molecule has 0 aliphatic rings. The number of carbonyl (C=O) groups is 1. The Morgan fingerprint density at radius 1 is 1.21 bits per heavy atom. The Morgan fingerprint density at radius 2 is 1.89 bits per heavy atom. The number of rotatable bonds is 4. The fraction of sp³-hybridized carbons (Fsp3) is 0.267. The Morgan fingerprint density at radius 3 is 2.63 bits per heavy atom. The highest BCUT2D eigenvalue weighted by molar-refractivity contribution is 5.86. The fourth-order valence-corrected chi connectivity index (χ4v) is 2.08. The quantitative estimate of drug-likeness (QED) is 0.875. The van der Waals surface area contributed by atoms with Gasteiger partial charge in [0.15, 0.2) is 0 Å². The van der Waals surface area contributed by atoms with Crippen molar-refractivity contribution in [3.8, 4) is 0 Å². The van der Waals surface area contributed by atoms with Crippen LogP contribution in [0.1, 0.15) is 24.9 Å². The molecule has 0 heterocycles. The van der Waals surface area contributed by atoms with Crippen LogP contribution in [0, 0.1) is 0 Å². The number of fused-ring (bicyclic) bond motifs is 1. The predicted octanol–water partition coefficient (Wildman–Crippen LogP) is 3.21. The van der Waals surface area contributed by atoms with Gasteiger partial charge in [-0.15, -0.1) is 12.4 Å². The summed E-state index contributed by atoms with van der Waals surface area (Å²) in [4.78, 5) is 11.5. The fourth-order valence-electron chi connectivity index (χ4n) is 2.08. The molecule has 19 heavy (non-hydrogen) atoms. The van der Waals surface area contributed by atoms with Gasteiger partial charge in [-0.05, 0) is 23.3 Å². The first-order valence-corrected chi connectivity index (χ1v) is 6.11. The summed E-state index contributed by atoms with van der Waals surface area (Å²) < 4.78 is 4.93. The van der Waals surface area contributed by atoms with Gasteiger partial charge in [-0.25, -0.2) is 0 Å².